The number of nitrogens with one attached hydrogen (secondary N) is 1. The Balaban J connectivity index is 2.18. The zero-order valence-corrected chi connectivity index (χ0v) is 10.8. The highest BCUT2D eigenvalue weighted by molar-refractivity contribution is 6.04. The fourth-order valence-electron chi connectivity index (χ4n) is 1.66. The lowest BCUT2D eigenvalue weighted by Gasteiger charge is -2.15. The summed E-state index contributed by atoms with van der Waals surface area (Å²) in [6, 6.07) is 6.80. The Bertz CT molecular complexity index is 583. The molecule has 0 fully saturated rings. The van der Waals surface area contributed by atoms with E-state index in [-0.39, 0.29) is 5.91 Å². The molecule has 6 nitrogen and oxygen atoms in total. The molecule has 6 heteroatoms. The molecule has 0 bridgehead atoms. The van der Waals surface area contributed by atoms with Crippen LogP contribution in [0.5, 0.6) is 0 Å². The van der Waals surface area contributed by atoms with E-state index in [1.165, 1.54) is 6.33 Å². The van der Waals surface area contributed by atoms with Crippen LogP contribution < -0.4 is 16.0 Å². The van der Waals surface area contributed by atoms with Gasteiger partial charge in [0.15, 0.2) is 0 Å². The van der Waals surface area contributed by atoms with E-state index in [9.17, 15) is 4.79 Å². The number of carbonyl (C=O) groups is 1. The zero-order chi connectivity index (χ0) is 13.8. The molecule has 2 aromatic rings. The number of aromatic nitrogens is 2. The first-order chi connectivity index (χ1) is 9.08. The highest BCUT2D eigenvalue weighted by Crippen LogP contribution is 2.22. The predicted molar refractivity (Wildman–Crippen MR) is 75.2 cm³/mol. The maximum Gasteiger partial charge on any atom is 0.256 e. The van der Waals surface area contributed by atoms with Gasteiger partial charge in [0, 0.05) is 25.9 Å². The van der Waals surface area contributed by atoms with Crippen LogP contribution in [-0.2, 0) is 0 Å². The highest BCUT2D eigenvalue weighted by atomic mass is 16.1. The van der Waals surface area contributed by atoms with Crippen LogP contribution in [0.25, 0.3) is 0 Å². The van der Waals surface area contributed by atoms with Crippen LogP contribution in [0.2, 0.25) is 0 Å². The van der Waals surface area contributed by atoms with Crippen molar-refractivity contribution in [2.45, 2.75) is 0 Å². The third-order valence-electron chi connectivity index (χ3n) is 2.60. The van der Waals surface area contributed by atoms with Crippen LogP contribution >= 0.6 is 0 Å². The van der Waals surface area contributed by atoms with Gasteiger partial charge in [-0.05, 0) is 24.3 Å². The summed E-state index contributed by atoms with van der Waals surface area (Å²) in [5, 5.41) is 2.67. The molecule has 0 aliphatic carbocycles. The fraction of sp³-hybridized carbons (Fsp3) is 0.154. The zero-order valence-electron chi connectivity index (χ0n) is 10.8. The van der Waals surface area contributed by atoms with Crippen molar-refractivity contribution < 1.29 is 4.79 Å². The first-order valence-electron chi connectivity index (χ1n) is 5.72. The lowest BCUT2D eigenvalue weighted by molar-refractivity contribution is 0.102. The standard InChI is InChI=1S/C13H15N5O/c1-18(2)11-4-3-9(7-10(11)14)13(19)17-12-5-6-15-8-16-12/h3-8H,14H2,1-2H3,(H,15,16,17,19). The van der Waals surface area contributed by atoms with Gasteiger partial charge in [-0.3, -0.25) is 4.79 Å². The Morgan fingerprint density at radius 3 is 2.68 bits per heavy atom. The number of hydrogen-bond acceptors (Lipinski definition) is 5. The molecule has 98 valence electrons. The summed E-state index contributed by atoms with van der Waals surface area (Å²) in [4.78, 5) is 21.6. The number of amides is 1. The maximum atomic E-state index is 12.0. The van der Waals surface area contributed by atoms with E-state index >= 15 is 0 Å². The van der Waals surface area contributed by atoms with Crippen molar-refractivity contribution in [3.8, 4) is 0 Å². The second-order valence-electron chi connectivity index (χ2n) is 4.22. The minimum Gasteiger partial charge on any atom is -0.397 e. The van der Waals surface area contributed by atoms with E-state index < -0.39 is 0 Å². The van der Waals surface area contributed by atoms with Gasteiger partial charge in [-0.1, -0.05) is 0 Å². The molecule has 0 unspecified atom stereocenters. The van der Waals surface area contributed by atoms with Crippen LogP contribution in [0.3, 0.4) is 0 Å². The average molecular weight is 257 g/mol. The topological polar surface area (TPSA) is 84.1 Å². The van der Waals surface area contributed by atoms with Crippen LogP contribution in [0.15, 0.2) is 36.8 Å². The molecule has 0 spiro atoms. The quantitative estimate of drug-likeness (QED) is 0.811. The van der Waals surface area contributed by atoms with Crippen LogP contribution in [-0.4, -0.2) is 30.0 Å². The summed E-state index contributed by atoms with van der Waals surface area (Å²) in [5.74, 6) is 0.200. The normalized spacial score (nSPS) is 10.0. The molecule has 2 rings (SSSR count). The largest absolute Gasteiger partial charge is 0.397 e. The molecule has 0 atom stereocenters. The smallest absolute Gasteiger partial charge is 0.256 e. The Kier molecular flexibility index (Phi) is 3.61. The summed E-state index contributed by atoms with van der Waals surface area (Å²) in [7, 11) is 3.79. The van der Waals surface area contributed by atoms with Gasteiger partial charge in [-0.2, -0.15) is 0 Å². The molecular formula is C13H15N5O. The number of rotatable bonds is 3. The molecule has 1 heterocycles. The van der Waals surface area contributed by atoms with Crippen molar-refractivity contribution in [3.05, 3.63) is 42.4 Å². The van der Waals surface area contributed by atoms with E-state index in [1.54, 1.807) is 24.4 Å². The predicted octanol–water partition coefficient (Wildman–Crippen LogP) is 1.38. The summed E-state index contributed by atoms with van der Waals surface area (Å²) < 4.78 is 0. The van der Waals surface area contributed by atoms with Gasteiger partial charge >= 0.3 is 0 Å². The van der Waals surface area contributed by atoms with Gasteiger partial charge in [0.1, 0.15) is 12.1 Å². The number of carbonyl (C=O) groups excluding carboxylic acids is 1. The summed E-state index contributed by atoms with van der Waals surface area (Å²) in [5.41, 5.74) is 7.82. The van der Waals surface area contributed by atoms with Crippen molar-refractivity contribution >= 4 is 23.1 Å². The first-order valence-corrected chi connectivity index (χ1v) is 5.72. The Labute approximate surface area is 111 Å². The molecule has 0 saturated heterocycles. The number of benzene rings is 1. The summed E-state index contributed by atoms with van der Waals surface area (Å²) in [6.07, 6.45) is 2.94. The minimum atomic E-state index is -0.254. The van der Waals surface area contributed by atoms with Crippen LogP contribution in [0, 0.1) is 0 Å². The van der Waals surface area contributed by atoms with Gasteiger partial charge in [-0.15, -0.1) is 0 Å². The van der Waals surface area contributed by atoms with Crippen molar-refractivity contribution in [1.82, 2.24) is 9.97 Å². The molecule has 0 saturated carbocycles. The number of nitrogens with zero attached hydrogens (tertiary/aromatic N) is 3. The first kappa shape index (κ1) is 12.8. The molecule has 0 aliphatic rings. The van der Waals surface area contributed by atoms with E-state index in [0.717, 1.165) is 5.69 Å². The molecule has 3 N–H and O–H groups in total. The molecule has 1 aromatic heterocycles. The Hall–Kier alpha value is -2.63. The lowest BCUT2D eigenvalue weighted by Crippen LogP contribution is -2.15. The van der Waals surface area contributed by atoms with Crippen LogP contribution in [0.1, 0.15) is 10.4 Å². The molecule has 19 heavy (non-hydrogen) atoms. The molecule has 0 aliphatic heterocycles. The number of anilines is 3. The third-order valence-corrected chi connectivity index (χ3v) is 2.60. The fourth-order valence-corrected chi connectivity index (χ4v) is 1.66. The molecular weight excluding hydrogens is 242 g/mol. The monoisotopic (exact) mass is 257 g/mol. The summed E-state index contributed by atoms with van der Waals surface area (Å²) >= 11 is 0. The van der Waals surface area contributed by atoms with Gasteiger partial charge in [0.25, 0.3) is 5.91 Å². The van der Waals surface area contributed by atoms with Crippen molar-refractivity contribution in [3.63, 3.8) is 0 Å². The second kappa shape index (κ2) is 5.34. The lowest BCUT2D eigenvalue weighted by atomic mass is 10.1. The van der Waals surface area contributed by atoms with E-state index in [4.69, 9.17) is 5.73 Å². The minimum absolute atomic E-state index is 0.254. The maximum absolute atomic E-state index is 12.0. The molecule has 1 aromatic carbocycles. The number of nitrogen functional groups attached to an aromatic ring is 1. The molecule has 1 amide bonds. The van der Waals surface area contributed by atoms with Gasteiger partial charge in [-0.25, -0.2) is 9.97 Å². The van der Waals surface area contributed by atoms with Gasteiger partial charge in [0.05, 0.1) is 11.4 Å². The average Bonchev–Trinajstić information content (AvgIpc) is 2.39. The Morgan fingerprint density at radius 2 is 2.11 bits per heavy atom. The summed E-state index contributed by atoms with van der Waals surface area (Å²) in [6.45, 7) is 0. The van der Waals surface area contributed by atoms with Crippen molar-refractivity contribution in [2.24, 2.45) is 0 Å². The van der Waals surface area contributed by atoms with Gasteiger partial charge in [0.2, 0.25) is 0 Å². The highest BCUT2D eigenvalue weighted by Gasteiger charge is 2.09. The van der Waals surface area contributed by atoms with E-state index in [0.29, 0.717) is 17.1 Å². The van der Waals surface area contributed by atoms with Crippen molar-refractivity contribution in [2.75, 3.05) is 30.0 Å². The number of hydrogen-bond donors (Lipinski definition) is 2. The van der Waals surface area contributed by atoms with E-state index in [1.807, 2.05) is 25.1 Å². The van der Waals surface area contributed by atoms with E-state index in [2.05, 4.69) is 15.3 Å². The molecule has 0 radical (unpaired) electrons. The number of nitrogens with two attached hydrogens (primary N) is 1. The van der Waals surface area contributed by atoms with Crippen LogP contribution in [0.4, 0.5) is 17.2 Å². The van der Waals surface area contributed by atoms with Gasteiger partial charge < -0.3 is 16.0 Å². The SMILES string of the molecule is CN(C)c1ccc(C(=O)Nc2ccncn2)cc1N. The Morgan fingerprint density at radius 1 is 1.32 bits per heavy atom. The van der Waals surface area contributed by atoms with Crippen molar-refractivity contribution in [1.29, 1.82) is 0 Å². The second-order valence-corrected chi connectivity index (χ2v) is 4.22. The third kappa shape index (κ3) is 2.98.